The average molecular weight is 292 g/mol. The number of halogens is 4. The number of hydrogen-bond donors (Lipinski definition) is 0. The molecule has 0 saturated carbocycles. The Balaban J connectivity index is 2.09. The highest BCUT2D eigenvalue weighted by molar-refractivity contribution is 5.95. The van der Waals surface area contributed by atoms with Crippen LogP contribution in [0.3, 0.4) is 0 Å². The summed E-state index contributed by atoms with van der Waals surface area (Å²) in [6, 6.07) is 5.23. The first-order chi connectivity index (χ1) is 9.38. The lowest BCUT2D eigenvalue weighted by Crippen LogP contribution is -2.09. The van der Waals surface area contributed by atoms with Crippen molar-refractivity contribution in [1.82, 2.24) is 0 Å². The second-order valence-corrected chi connectivity index (χ2v) is 4.36. The zero-order valence-corrected chi connectivity index (χ0v) is 10.9. The van der Waals surface area contributed by atoms with E-state index in [1.165, 1.54) is 24.3 Å². The topological polar surface area (TPSA) is 26.3 Å². The van der Waals surface area contributed by atoms with Crippen molar-refractivity contribution in [2.24, 2.45) is 0 Å². The van der Waals surface area contributed by atoms with Gasteiger partial charge in [-0.05, 0) is 37.1 Å². The molecule has 2 nitrogen and oxygen atoms in total. The van der Waals surface area contributed by atoms with Crippen molar-refractivity contribution in [2.45, 2.75) is 31.9 Å². The van der Waals surface area contributed by atoms with Crippen LogP contribution in [-0.4, -0.2) is 25.2 Å². The second kappa shape index (κ2) is 7.99. The van der Waals surface area contributed by atoms with Gasteiger partial charge in [0, 0.05) is 31.6 Å². The first-order valence-corrected chi connectivity index (χ1v) is 6.32. The number of benzene rings is 1. The molecule has 0 bridgehead atoms. The van der Waals surface area contributed by atoms with E-state index in [-0.39, 0.29) is 31.8 Å². The number of ether oxygens (including phenoxy) is 1. The molecule has 0 aromatic heterocycles. The minimum Gasteiger partial charge on any atom is -0.381 e. The van der Waals surface area contributed by atoms with Crippen molar-refractivity contribution in [1.29, 1.82) is 0 Å². The van der Waals surface area contributed by atoms with Gasteiger partial charge in [-0.2, -0.15) is 13.2 Å². The van der Waals surface area contributed by atoms with Crippen LogP contribution < -0.4 is 0 Å². The van der Waals surface area contributed by atoms with E-state index in [1.54, 1.807) is 0 Å². The maximum atomic E-state index is 12.6. The van der Waals surface area contributed by atoms with Crippen molar-refractivity contribution >= 4 is 5.78 Å². The normalized spacial score (nSPS) is 11.6. The van der Waals surface area contributed by atoms with E-state index in [0.717, 1.165) is 0 Å². The molecule has 0 spiro atoms. The second-order valence-electron chi connectivity index (χ2n) is 4.36. The van der Waals surface area contributed by atoms with Crippen LogP contribution in [0.2, 0.25) is 0 Å². The Morgan fingerprint density at radius 2 is 1.65 bits per heavy atom. The molecule has 112 valence electrons. The Morgan fingerprint density at radius 3 is 2.25 bits per heavy atom. The number of hydrogen-bond acceptors (Lipinski definition) is 2. The molecular weight excluding hydrogens is 276 g/mol. The summed E-state index contributed by atoms with van der Waals surface area (Å²) in [7, 11) is 0. The minimum atomic E-state index is -4.15. The van der Waals surface area contributed by atoms with E-state index in [0.29, 0.717) is 12.0 Å². The van der Waals surface area contributed by atoms with Crippen molar-refractivity contribution in [2.75, 3.05) is 13.2 Å². The Hall–Kier alpha value is -1.43. The number of rotatable bonds is 8. The summed E-state index contributed by atoms with van der Waals surface area (Å²) < 4.78 is 53.1. The van der Waals surface area contributed by atoms with Gasteiger partial charge in [0.1, 0.15) is 5.82 Å². The molecule has 6 heteroatoms. The molecule has 1 aromatic rings. The Morgan fingerprint density at radius 1 is 1.05 bits per heavy atom. The highest BCUT2D eigenvalue weighted by atomic mass is 19.4. The fraction of sp³-hybridized carbons (Fsp3) is 0.500. The van der Waals surface area contributed by atoms with Crippen LogP contribution in [0, 0.1) is 5.82 Å². The van der Waals surface area contributed by atoms with Gasteiger partial charge < -0.3 is 4.74 Å². The highest BCUT2D eigenvalue weighted by Gasteiger charge is 2.25. The molecule has 0 fully saturated rings. The summed E-state index contributed by atoms with van der Waals surface area (Å²) in [6.07, 6.45) is -4.42. The largest absolute Gasteiger partial charge is 0.389 e. The molecule has 1 rings (SSSR count). The molecule has 0 radical (unpaired) electrons. The lowest BCUT2D eigenvalue weighted by Gasteiger charge is -2.06. The third-order valence-corrected chi connectivity index (χ3v) is 2.61. The molecule has 0 aliphatic carbocycles. The van der Waals surface area contributed by atoms with Gasteiger partial charge in [-0.25, -0.2) is 4.39 Å². The van der Waals surface area contributed by atoms with Crippen molar-refractivity contribution in [3.63, 3.8) is 0 Å². The van der Waals surface area contributed by atoms with E-state index in [4.69, 9.17) is 4.74 Å². The van der Waals surface area contributed by atoms with Gasteiger partial charge >= 0.3 is 6.18 Å². The summed E-state index contributed by atoms with van der Waals surface area (Å²) in [5.74, 6) is -0.543. The average Bonchev–Trinajstić information content (AvgIpc) is 2.37. The SMILES string of the molecule is O=C(CCCOCCCC(F)(F)F)c1ccc(F)cc1. The molecule has 0 unspecified atom stereocenters. The van der Waals surface area contributed by atoms with E-state index >= 15 is 0 Å². The highest BCUT2D eigenvalue weighted by Crippen LogP contribution is 2.21. The summed E-state index contributed by atoms with van der Waals surface area (Å²) in [5, 5.41) is 0. The van der Waals surface area contributed by atoms with Gasteiger partial charge in [0.05, 0.1) is 0 Å². The fourth-order valence-corrected chi connectivity index (χ4v) is 1.59. The number of ketones is 1. The van der Waals surface area contributed by atoms with Crippen molar-refractivity contribution in [3.8, 4) is 0 Å². The van der Waals surface area contributed by atoms with Gasteiger partial charge in [-0.3, -0.25) is 4.79 Å². The van der Waals surface area contributed by atoms with Crippen LogP contribution in [-0.2, 0) is 4.74 Å². The van der Waals surface area contributed by atoms with E-state index in [9.17, 15) is 22.4 Å². The smallest absolute Gasteiger partial charge is 0.381 e. The Labute approximate surface area is 114 Å². The van der Waals surface area contributed by atoms with Crippen molar-refractivity contribution < 1.29 is 27.1 Å². The third kappa shape index (κ3) is 7.23. The molecule has 1 aromatic carbocycles. The molecular formula is C14H16F4O2. The van der Waals surface area contributed by atoms with Crippen LogP contribution in [0.25, 0.3) is 0 Å². The lowest BCUT2D eigenvalue weighted by atomic mass is 10.1. The molecule has 0 atom stereocenters. The Kier molecular flexibility index (Phi) is 6.64. The standard InChI is InChI=1S/C14H16F4O2/c15-12-6-4-11(5-7-12)13(19)3-1-9-20-10-2-8-14(16,17)18/h4-7H,1-3,8-10H2. The molecule has 0 N–H and O–H groups in total. The number of Topliss-reactive ketones (excluding diaryl/α,β-unsaturated/α-hetero) is 1. The minimum absolute atomic E-state index is 0.0320. The third-order valence-electron chi connectivity index (χ3n) is 2.61. The van der Waals surface area contributed by atoms with Crippen LogP contribution in [0.5, 0.6) is 0 Å². The zero-order chi connectivity index (χ0) is 15.0. The van der Waals surface area contributed by atoms with Gasteiger partial charge in [-0.1, -0.05) is 0 Å². The van der Waals surface area contributed by atoms with E-state index < -0.39 is 18.4 Å². The summed E-state index contributed by atoms with van der Waals surface area (Å²) in [4.78, 5) is 11.6. The molecule has 0 heterocycles. The molecule has 0 saturated heterocycles. The maximum absolute atomic E-state index is 12.6. The summed E-state index contributed by atoms with van der Waals surface area (Å²) in [6.45, 7) is 0.273. The van der Waals surface area contributed by atoms with Gasteiger partial charge in [-0.15, -0.1) is 0 Å². The lowest BCUT2D eigenvalue weighted by molar-refractivity contribution is -0.137. The zero-order valence-electron chi connectivity index (χ0n) is 10.9. The number of alkyl halides is 3. The number of carbonyl (C=O) groups is 1. The van der Waals surface area contributed by atoms with Gasteiger partial charge in [0.15, 0.2) is 5.78 Å². The monoisotopic (exact) mass is 292 g/mol. The number of carbonyl (C=O) groups excluding carboxylic acids is 1. The molecule has 0 amide bonds. The quantitative estimate of drug-likeness (QED) is 0.409. The predicted octanol–water partition coefficient (Wildman–Crippen LogP) is 4.15. The van der Waals surface area contributed by atoms with E-state index in [1.807, 2.05) is 0 Å². The van der Waals surface area contributed by atoms with Gasteiger partial charge in [0.2, 0.25) is 0 Å². The summed E-state index contributed by atoms with van der Waals surface area (Å²) >= 11 is 0. The van der Waals surface area contributed by atoms with Crippen LogP contribution in [0.15, 0.2) is 24.3 Å². The molecule has 20 heavy (non-hydrogen) atoms. The van der Waals surface area contributed by atoms with Crippen LogP contribution >= 0.6 is 0 Å². The van der Waals surface area contributed by atoms with Gasteiger partial charge in [0.25, 0.3) is 0 Å². The van der Waals surface area contributed by atoms with Crippen LogP contribution in [0.4, 0.5) is 17.6 Å². The first-order valence-electron chi connectivity index (χ1n) is 6.32. The fourth-order valence-electron chi connectivity index (χ4n) is 1.59. The molecule has 0 aliphatic rings. The van der Waals surface area contributed by atoms with E-state index in [2.05, 4.69) is 0 Å². The Bertz CT molecular complexity index is 412. The summed E-state index contributed by atoms with van der Waals surface area (Å²) in [5.41, 5.74) is 0.420. The van der Waals surface area contributed by atoms with Crippen LogP contribution in [0.1, 0.15) is 36.0 Å². The maximum Gasteiger partial charge on any atom is 0.389 e. The first kappa shape index (κ1) is 16.6. The molecule has 0 aliphatic heterocycles. The predicted molar refractivity (Wildman–Crippen MR) is 66.1 cm³/mol. The van der Waals surface area contributed by atoms with Crippen molar-refractivity contribution in [3.05, 3.63) is 35.6 Å².